The molecule has 1 rings (SSSR count). The van der Waals surface area contributed by atoms with E-state index in [1.807, 2.05) is 0 Å². The number of amides is 1. The molecular formula is C10H20N2O2. The van der Waals surface area contributed by atoms with E-state index in [-0.39, 0.29) is 11.3 Å². The maximum absolute atomic E-state index is 11.3. The first-order valence-corrected chi connectivity index (χ1v) is 5.15. The van der Waals surface area contributed by atoms with Gasteiger partial charge < -0.3 is 15.8 Å². The van der Waals surface area contributed by atoms with Crippen molar-refractivity contribution in [2.24, 2.45) is 11.1 Å². The van der Waals surface area contributed by atoms with Gasteiger partial charge >= 0.3 is 0 Å². The van der Waals surface area contributed by atoms with Gasteiger partial charge in [0.1, 0.15) is 0 Å². The minimum atomic E-state index is -0.418. The second-order valence-electron chi connectivity index (χ2n) is 4.43. The lowest BCUT2D eigenvalue weighted by Gasteiger charge is -2.33. The van der Waals surface area contributed by atoms with E-state index in [1.165, 1.54) is 0 Å². The van der Waals surface area contributed by atoms with Crippen LogP contribution in [0.4, 0.5) is 0 Å². The number of nitrogens with two attached hydrogens (primary N) is 1. The van der Waals surface area contributed by atoms with E-state index >= 15 is 0 Å². The molecule has 0 bridgehead atoms. The monoisotopic (exact) mass is 200 g/mol. The molecule has 1 amide bonds. The van der Waals surface area contributed by atoms with Crippen molar-refractivity contribution in [3.63, 3.8) is 0 Å². The molecule has 82 valence electrons. The third-order valence-corrected chi connectivity index (χ3v) is 2.80. The third-order valence-electron chi connectivity index (χ3n) is 2.80. The van der Waals surface area contributed by atoms with Crippen molar-refractivity contribution in [1.29, 1.82) is 0 Å². The van der Waals surface area contributed by atoms with Crippen LogP contribution in [0.25, 0.3) is 0 Å². The highest BCUT2D eigenvalue weighted by atomic mass is 16.5. The second-order valence-corrected chi connectivity index (χ2v) is 4.43. The van der Waals surface area contributed by atoms with E-state index < -0.39 is 6.04 Å². The molecule has 0 aromatic heterocycles. The van der Waals surface area contributed by atoms with Gasteiger partial charge in [-0.15, -0.1) is 0 Å². The molecule has 0 aliphatic carbocycles. The fourth-order valence-corrected chi connectivity index (χ4v) is 1.50. The largest absolute Gasteiger partial charge is 0.381 e. The molecule has 14 heavy (non-hydrogen) atoms. The van der Waals surface area contributed by atoms with E-state index in [0.717, 1.165) is 26.1 Å². The van der Waals surface area contributed by atoms with Gasteiger partial charge in [-0.25, -0.2) is 0 Å². The predicted octanol–water partition coefficient (Wildman–Crippen LogP) is 0.267. The van der Waals surface area contributed by atoms with Gasteiger partial charge in [-0.05, 0) is 25.2 Å². The summed E-state index contributed by atoms with van der Waals surface area (Å²) in [6, 6.07) is -0.418. The summed E-state index contributed by atoms with van der Waals surface area (Å²) in [7, 11) is 0. The zero-order chi connectivity index (χ0) is 10.6. The molecule has 4 nitrogen and oxygen atoms in total. The Morgan fingerprint density at radius 3 is 2.64 bits per heavy atom. The Labute approximate surface area is 85.2 Å². The summed E-state index contributed by atoms with van der Waals surface area (Å²) in [4.78, 5) is 11.3. The molecule has 1 aliphatic rings. The van der Waals surface area contributed by atoms with Crippen LogP contribution in [0.3, 0.4) is 0 Å². The lowest BCUT2D eigenvalue weighted by atomic mass is 9.82. The molecule has 1 heterocycles. The van der Waals surface area contributed by atoms with Gasteiger partial charge in [0.15, 0.2) is 0 Å². The summed E-state index contributed by atoms with van der Waals surface area (Å²) < 4.78 is 5.28. The van der Waals surface area contributed by atoms with Crippen LogP contribution in [-0.2, 0) is 9.53 Å². The van der Waals surface area contributed by atoms with Crippen LogP contribution < -0.4 is 11.1 Å². The molecule has 0 saturated carbocycles. The number of nitrogens with one attached hydrogen (secondary N) is 1. The zero-order valence-corrected chi connectivity index (χ0v) is 9.01. The highest BCUT2D eigenvalue weighted by Gasteiger charge is 2.27. The van der Waals surface area contributed by atoms with E-state index in [9.17, 15) is 4.79 Å². The summed E-state index contributed by atoms with van der Waals surface area (Å²) in [5.41, 5.74) is 5.64. The van der Waals surface area contributed by atoms with Crippen molar-refractivity contribution in [2.75, 3.05) is 19.8 Å². The van der Waals surface area contributed by atoms with Crippen molar-refractivity contribution in [3.05, 3.63) is 0 Å². The van der Waals surface area contributed by atoms with Gasteiger partial charge in [-0.1, -0.05) is 6.92 Å². The van der Waals surface area contributed by atoms with Crippen molar-refractivity contribution in [3.8, 4) is 0 Å². The standard InChI is InChI=1S/C10H20N2O2/c1-8(11)9(13)12-7-10(2)3-5-14-6-4-10/h8H,3-7,11H2,1-2H3,(H,12,13). The Balaban J connectivity index is 2.32. The highest BCUT2D eigenvalue weighted by molar-refractivity contribution is 5.80. The fraction of sp³-hybridized carbons (Fsp3) is 0.900. The second kappa shape index (κ2) is 4.75. The van der Waals surface area contributed by atoms with Crippen LogP contribution in [-0.4, -0.2) is 31.7 Å². The first-order valence-electron chi connectivity index (χ1n) is 5.15. The lowest BCUT2D eigenvalue weighted by molar-refractivity contribution is -0.122. The molecule has 0 aromatic carbocycles. The maximum Gasteiger partial charge on any atom is 0.236 e. The summed E-state index contributed by atoms with van der Waals surface area (Å²) in [6.45, 7) is 6.17. The molecule has 1 fully saturated rings. The quantitative estimate of drug-likeness (QED) is 0.687. The number of hydrogen-bond acceptors (Lipinski definition) is 3. The average Bonchev–Trinajstić information content (AvgIpc) is 2.15. The number of ether oxygens (including phenoxy) is 1. The maximum atomic E-state index is 11.3. The van der Waals surface area contributed by atoms with Gasteiger partial charge in [-0.3, -0.25) is 4.79 Å². The molecule has 1 aliphatic heterocycles. The predicted molar refractivity (Wildman–Crippen MR) is 54.8 cm³/mol. The highest BCUT2D eigenvalue weighted by Crippen LogP contribution is 2.28. The first kappa shape index (κ1) is 11.5. The number of hydrogen-bond donors (Lipinski definition) is 2. The lowest BCUT2D eigenvalue weighted by Crippen LogP contribution is -2.44. The minimum Gasteiger partial charge on any atom is -0.381 e. The molecule has 1 unspecified atom stereocenters. The SMILES string of the molecule is CC(N)C(=O)NCC1(C)CCOCC1. The van der Waals surface area contributed by atoms with Gasteiger partial charge in [0.25, 0.3) is 0 Å². The van der Waals surface area contributed by atoms with Gasteiger partial charge in [0.05, 0.1) is 6.04 Å². The Morgan fingerprint density at radius 2 is 2.14 bits per heavy atom. The summed E-state index contributed by atoms with van der Waals surface area (Å²) in [5, 5.41) is 2.87. The Morgan fingerprint density at radius 1 is 1.57 bits per heavy atom. The van der Waals surface area contributed by atoms with Gasteiger partial charge in [-0.2, -0.15) is 0 Å². The molecular weight excluding hydrogens is 180 g/mol. The van der Waals surface area contributed by atoms with E-state index in [4.69, 9.17) is 10.5 Å². The van der Waals surface area contributed by atoms with Crippen LogP contribution >= 0.6 is 0 Å². The fourth-order valence-electron chi connectivity index (χ4n) is 1.50. The minimum absolute atomic E-state index is 0.0716. The zero-order valence-electron chi connectivity index (χ0n) is 9.01. The van der Waals surface area contributed by atoms with E-state index in [1.54, 1.807) is 6.92 Å². The molecule has 1 saturated heterocycles. The normalized spacial score (nSPS) is 22.8. The molecule has 1 atom stereocenters. The van der Waals surface area contributed by atoms with Crippen LogP contribution in [0.2, 0.25) is 0 Å². The van der Waals surface area contributed by atoms with Crippen LogP contribution in [0.15, 0.2) is 0 Å². The van der Waals surface area contributed by atoms with Crippen LogP contribution in [0.1, 0.15) is 26.7 Å². The average molecular weight is 200 g/mol. The smallest absolute Gasteiger partial charge is 0.236 e. The molecule has 4 heteroatoms. The molecule has 0 aromatic rings. The topological polar surface area (TPSA) is 64.4 Å². The first-order chi connectivity index (χ1) is 6.53. The molecule has 3 N–H and O–H groups in total. The van der Waals surface area contributed by atoms with Gasteiger partial charge in [0, 0.05) is 19.8 Å². The Kier molecular flexibility index (Phi) is 3.89. The van der Waals surface area contributed by atoms with E-state index in [2.05, 4.69) is 12.2 Å². The molecule has 0 spiro atoms. The Bertz CT molecular complexity index is 198. The number of carbonyl (C=O) groups excluding carboxylic acids is 1. The van der Waals surface area contributed by atoms with Gasteiger partial charge in [0.2, 0.25) is 5.91 Å². The summed E-state index contributed by atoms with van der Waals surface area (Å²) >= 11 is 0. The van der Waals surface area contributed by atoms with Crippen molar-refractivity contribution < 1.29 is 9.53 Å². The Hall–Kier alpha value is -0.610. The summed E-state index contributed by atoms with van der Waals surface area (Å²) in [6.07, 6.45) is 2.01. The number of carbonyl (C=O) groups is 1. The third kappa shape index (κ3) is 3.27. The van der Waals surface area contributed by atoms with Crippen molar-refractivity contribution in [2.45, 2.75) is 32.7 Å². The van der Waals surface area contributed by atoms with Crippen LogP contribution in [0.5, 0.6) is 0 Å². The van der Waals surface area contributed by atoms with Crippen LogP contribution in [0, 0.1) is 5.41 Å². The number of rotatable bonds is 3. The van der Waals surface area contributed by atoms with Crippen molar-refractivity contribution in [1.82, 2.24) is 5.32 Å². The molecule has 0 radical (unpaired) electrons. The van der Waals surface area contributed by atoms with E-state index in [0.29, 0.717) is 6.54 Å². The van der Waals surface area contributed by atoms with Crippen molar-refractivity contribution >= 4 is 5.91 Å². The summed E-state index contributed by atoms with van der Waals surface area (Å²) in [5.74, 6) is -0.0716.